The molecule has 0 aliphatic heterocycles. The Balaban J connectivity index is 0. The number of nitrogens with zero attached hydrogens (tertiary/aromatic N) is 2. The summed E-state index contributed by atoms with van der Waals surface area (Å²) in [6.07, 6.45) is 0. The highest BCUT2D eigenvalue weighted by atomic mass is 127. The van der Waals surface area contributed by atoms with Gasteiger partial charge in [-0.2, -0.15) is 0 Å². The van der Waals surface area contributed by atoms with E-state index in [-0.39, 0.29) is 35.8 Å². The summed E-state index contributed by atoms with van der Waals surface area (Å²) in [4.78, 5) is 4.05. The van der Waals surface area contributed by atoms with Crippen LogP contribution in [0, 0.1) is 0 Å². The summed E-state index contributed by atoms with van der Waals surface area (Å²) >= 11 is 0. The van der Waals surface area contributed by atoms with Crippen molar-refractivity contribution in [1.82, 2.24) is 14.9 Å². The van der Waals surface area contributed by atoms with E-state index < -0.39 is 10.0 Å². The number of aliphatic imine (C=N–C) groups is 1. The maximum Gasteiger partial charge on any atom is 0.215 e. The highest BCUT2D eigenvalue weighted by molar-refractivity contribution is 14.0. The molecule has 0 bridgehead atoms. The van der Waals surface area contributed by atoms with E-state index in [9.17, 15) is 8.42 Å². The van der Waals surface area contributed by atoms with Crippen molar-refractivity contribution in [3.05, 3.63) is 0 Å². The predicted molar refractivity (Wildman–Crippen MR) is 98.0 cm³/mol. The first-order valence-electron chi connectivity index (χ1n) is 6.85. The second kappa shape index (κ2) is 12.4. The second-order valence-electron chi connectivity index (χ2n) is 4.40. The molecule has 0 amide bonds. The maximum absolute atomic E-state index is 12.0. The summed E-state index contributed by atoms with van der Waals surface area (Å²) in [6.45, 7) is 7.50. The van der Waals surface area contributed by atoms with E-state index in [2.05, 4.69) is 15.6 Å². The number of ether oxygens (including phenoxy) is 1. The van der Waals surface area contributed by atoms with Crippen LogP contribution in [0.5, 0.6) is 0 Å². The lowest BCUT2D eigenvalue weighted by atomic mass is 10.4. The van der Waals surface area contributed by atoms with Crippen LogP contribution >= 0.6 is 24.0 Å². The van der Waals surface area contributed by atoms with Gasteiger partial charge in [0.05, 0.1) is 12.4 Å². The minimum Gasteiger partial charge on any atom is -0.383 e. The molecule has 0 aromatic heterocycles. The largest absolute Gasteiger partial charge is 0.383 e. The van der Waals surface area contributed by atoms with Gasteiger partial charge in [0.1, 0.15) is 0 Å². The smallest absolute Gasteiger partial charge is 0.215 e. The Morgan fingerprint density at radius 1 is 1.33 bits per heavy atom. The van der Waals surface area contributed by atoms with Crippen LogP contribution in [0.3, 0.4) is 0 Å². The van der Waals surface area contributed by atoms with Gasteiger partial charge in [0, 0.05) is 39.8 Å². The van der Waals surface area contributed by atoms with Crippen LogP contribution in [0.25, 0.3) is 0 Å². The van der Waals surface area contributed by atoms with Gasteiger partial charge >= 0.3 is 0 Å². The third kappa shape index (κ3) is 9.48. The van der Waals surface area contributed by atoms with Crippen LogP contribution in [0.4, 0.5) is 0 Å². The first-order chi connectivity index (χ1) is 9.41. The molecule has 0 spiro atoms. The van der Waals surface area contributed by atoms with Gasteiger partial charge < -0.3 is 15.4 Å². The van der Waals surface area contributed by atoms with Crippen LogP contribution in [-0.4, -0.2) is 70.9 Å². The van der Waals surface area contributed by atoms with E-state index in [0.717, 1.165) is 0 Å². The van der Waals surface area contributed by atoms with Gasteiger partial charge in [0.15, 0.2) is 5.96 Å². The van der Waals surface area contributed by atoms with Gasteiger partial charge in [-0.15, -0.1) is 24.0 Å². The van der Waals surface area contributed by atoms with E-state index in [1.807, 2.05) is 20.8 Å². The molecule has 0 aliphatic carbocycles. The van der Waals surface area contributed by atoms with Crippen molar-refractivity contribution < 1.29 is 13.2 Å². The van der Waals surface area contributed by atoms with Crippen molar-refractivity contribution in [3.63, 3.8) is 0 Å². The quantitative estimate of drug-likeness (QED) is 0.312. The molecule has 0 heterocycles. The van der Waals surface area contributed by atoms with Gasteiger partial charge in [-0.3, -0.25) is 4.99 Å². The third-order valence-electron chi connectivity index (χ3n) is 2.77. The Labute approximate surface area is 146 Å². The highest BCUT2D eigenvalue weighted by Gasteiger charge is 2.18. The Morgan fingerprint density at radius 3 is 2.33 bits per heavy atom. The normalized spacial score (nSPS) is 13.7. The van der Waals surface area contributed by atoms with Crippen LogP contribution in [0.15, 0.2) is 4.99 Å². The zero-order valence-corrected chi connectivity index (χ0v) is 16.7. The van der Waals surface area contributed by atoms with Crippen molar-refractivity contribution in [2.24, 2.45) is 4.99 Å². The fourth-order valence-electron chi connectivity index (χ4n) is 1.76. The Bertz CT molecular complexity index is 386. The van der Waals surface area contributed by atoms with Crippen molar-refractivity contribution in [1.29, 1.82) is 0 Å². The van der Waals surface area contributed by atoms with E-state index >= 15 is 0 Å². The number of guanidine groups is 1. The number of rotatable bonds is 9. The molecule has 0 aromatic carbocycles. The van der Waals surface area contributed by atoms with Gasteiger partial charge in [-0.05, 0) is 6.92 Å². The van der Waals surface area contributed by atoms with Crippen LogP contribution in [0.2, 0.25) is 0 Å². The van der Waals surface area contributed by atoms with Gasteiger partial charge in [0.25, 0.3) is 0 Å². The Kier molecular flexibility index (Phi) is 13.7. The fourth-order valence-corrected chi connectivity index (χ4v) is 3.17. The third-order valence-corrected chi connectivity index (χ3v) is 4.80. The summed E-state index contributed by atoms with van der Waals surface area (Å²) in [5.41, 5.74) is 0. The lowest BCUT2D eigenvalue weighted by molar-refractivity contribution is 0.179. The van der Waals surface area contributed by atoms with Crippen LogP contribution in [-0.2, 0) is 14.8 Å². The molecule has 0 aliphatic rings. The lowest BCUT2D eigenvalue weighted by Gasteiger charge is -2.20. The molecule has 2 N–H and O–H groups in total. The molecular formula is C12H29IN4O3S. The number of nitrogens with one attached hydrogen (secondary N) is 2. The van der Waals surface area contributed by atoms with Gasteiger partial charge in [0.2, 0.25) is 10.0 Å². The first kappa shape index (κ1) is 23.1. The Morgan fingerprint density at radius 2 is 1.90 bits per heavy atom. The zero-order chi connectivity index (χ0) is 15.6. The summed E-state index contributed by atoms with van der Waals surface area (Å²) < 4.78 is 30.5. The van der Waals surface area contributed by atoms with Crippen molar-refractivity contribution in [2.45, 2.75) is 26.8 Å². The zero-order valence-electron chi connectivity index (χ0n) is 13.5. The molecule has 0 saturated carbocycles. The van der Waals surface area contributed by atoms with Crippen LogP contribution < -0.4 is 10.6 Å². The summed E-state index contributed by atoms with van der Waals surface area (Å²) in [6, 6.07) is 0.102. The molecule has 21 heavy (non-hydrogen) atoms. The first-order valence-corrected chi connectivity index (χ1v) is 8.46. The van der Waals surface area contributed by atoms with Crippen molar-refractivity contribution >= 4 is 40.0 Å². The number of hydrogen-bond acceptors (Lipinski definition) is 4. The Hall–Kier alpha value is -0.130. The topological polar surface area (TPSA) is 83.0 Å². The second-order valence-corrected chi connectivity index (χ2v) is 6.49. The average Bonchev–Trinajstić information content (AvgIpc) is 2.38. The lowest BCUT2D eigenvalue weighted by Crippen LogP contribution is -2.46. The van der Waals surface area contributed by atoms with Gasteiger partial charge in [-0.25, -0.2) is 12.7 Å². The highest BCUT2D eigenvalue weighted by Crippen LogP contribution is 1.99. The molecule has 0 aromatic rings. The predicted octanol–water partition coefficient (Wildman–Crippen LogP) is 0.476. The summed E-state index contributed by atoms with van der Waals surface area (Å²) in [5.74, 6) is 0.623. The molecule has 0 rings (SSSR count). The standard InChI is InChI=1S/C12H28N4O3S.HI/c1-6-16(7-2)20(17,18)9-8-14-12(13-4)15-11(3)10-19-5;/h11H,6-10H2,1-5H3,(H2,13,14,15);1H. The maximum atomic E-state index is 12.0. The van der Waals surface area contributed by atoms with E-state index in [4.69, 9.17) is 4.74 Å². The number of methoxy groups -OCH3 is 1. The van der Waals surface area contributed by atoms with Crippen molar-refractivity contribution in [2.75, 3.05) is 46.2 Å². The molecule has 1 atom stereocenters. The molecule has 0 fully saturated rings. The fraction of sp³-hybridized carbons (Fsp3) is 0.917. The van der Waals surface area contributed by atoms with Crippen molar-refractivity contribution in [3.8, 4) is 0 Å². The van der Waals surface area contributed by atoms with E-state index in [1.165, 1.54) is 4.31 Å². The monoisotopic (exact) mass is 436 g/mol. The minimum absolute atomic E-state index is 0. The molecule has 9 heteroatoms. The van der Waals surface area contributed by atoms with Gasteiger partial charge in [-0.1, -0.05) is 13.8 Å². The van der Waals surface area contributed by atoms with Crippen LogP contribution in [0.1, 0.15) is 20.8 Å². The molecule has 128 valence electrons. The molecule has 0 radical (unpaired) electrons. The average molecular weight is 436 g/mol. The molecule has 1 unspecified atom stereocenters. The minimum atomic E-state index is -3.20. The SMILES string of the molecule is CCN(CC)S(=O)(=O)CCNC(=NC)NC(C)COC.I. The molecular weight excluding hydrogens is 407 g/mol. The molecule has 7 nitrogen and oxygen atoms in total. The van der Waals surface area contributed by atoms with E-state index in [1.54, 1.807) is 14.2 Å². The molecule has 0 saturated heterocycles. The summed E-state index contributed by atoms with van der Waals surface area (Å²) in [5, 5.41) is 6.11. The number of sulfonamides is 1. The number of halogens is 1. The van der Waals surface area contributed by atoms with E-state index in [0.29, 0.717) is 32.2 Å². The number of hydrogen-bond donors (Lipinski definition) is 2. The summed E-state index contributed by atoms with van der Waals surface area (Å²) in [7, 11) is 0.0748.